The Bertz CT molecular complexity index is 481. The van der Waals surface area contributed by atoms with Crippen LogP contribution in [0.2, 0.25) is 0 Å². The number of hydrogen-bond acceptors (Lipinski definition) is 3. The molecular weight excluding hydrogens is 355 g/mol. The van der Waals surface area contributed by atoms with Crippen LogP contribution < -0.4 is 5.56 Å². The maximum atomic E-state index is 11.9. The van der Waals surface area contributed by atoms with Crippen LogP contribution in [0.15, 0.2) is 4.79 Å². The molecule has 0 saturated heterocycles. The summed E-state index contributed by atoms with van der Waals surface area (Å²) in [6.45, 7) is 4.52. The molecule has 1 atom stereocenters. The van der Waals surface area contributed by atoms with Gasteiger partial charge in [0.05, 0.1) is 9.26 Å². The van der Waals surface area contributed by atoms with Gasteiger partial charge in [-0.15, -0.1) is 0 Å². The molecule has 1 aliphatic carbocycles. The van der Waals surface area contributed by atoms with Crippen molar-refractivity contribution in [1.29, 1.82) is 0 Å². The van der Waals surface area contributed by atoms with Crippen LogP contribution in [0.1, 0.15) is 56.7 Å². The fraction of sp³-hybridized carbons (Fsp3) is 0.714. The molecule has 1 heterocycles. The van der Waals surface area contributed by atoms with Crippen LogP contribution in [0.25, 0.3) is 0 Å². The van der Waals surface area contributed by atoms with E-state index in [4.69, 9.17) is 4.74 Å². The van der Waals surface area contributed by atoms with E-state index in [1.807, 2.05) is 36.4 Å². The van der Waals surface area contributed by atoms with Crippen molar-refractivity contribution in [3.63, 3.8) is 0 Å². The molecule has 4 nitrogen and oxygen atoms in total. The van der Waals surface area contributed by atoms with E-state index in [2.05, 4.69) is 9.97 Å². The van der Waals surface area contributed by atoms with Gasteiger partial charge < -0.3 is 9.72 Å². The highest BCUT2D eigenvalue weighted by molar-refractivity contribution is 14.1. The normalized spacial score (nSPS) is 18.5. The number of aromatic nitrogens is 2. The molecule has 0 spiro atoms. The van der Waals surface area contributed by atoms with Crippen molar-refractivity contribution >= 4 is 22.6 Å². The fourth-order valence-corrected chi connectivity index (χ4v) is 3.04. The highest BCUT2D eigenvalue weighted by atomic mass is 127. The Hall–Kier alpha value is -0.430. The zero-order valence-electron chi connectivity index (χ0n) is 11.5. The number of nitrogens with one attached hydrogen (secondary N) is 1. The minimum Gasteiger partial charge on any atom is -0.370 e. The Morgan fingerprint density at radius 1 is 1.42 bits per heavy atom. The minimum atomic E-state index is -0.0614. The number of ether oxygens (including phenoxy) is 1. The number of rotatable bonds is 4. The number of halogens is 1. The Kier molecular flexibility index (Phi) is 5.38. The summed E-state index contributed by atoms with van der Waals surface area (Å²) >= 11 is 2.04. The molecule has 1 unspecified atom stereocenters. The molecule has 0 radical (unpaired) electrons. The lowest BCUT2D eigenvalue weighted by Crippen LogP contribution is -2.25. The summed E-state index contributed by atoms with van der Waals surface area (Å²) in [6.07, 6.45) is 6.08. The molecule has 0 aromatic carbocycles. The third-order valence-electron chi connectivity index (χ3n) is 3.74. The summed E-state index contributed by atoms with van der Waals surface area (Å²) < 4.78 is 6.55. The van der Waals surface area contributed by atoms with Gasteiger partial charge in [0, 0.05) is 6.61 Å². The lowest BCUT2D eigenvalue weighted by Gasteiger charge is -2.29. The Morgan fingerprint density at radius 2 is 2.11 bits per heavy atom. The van der Waals surface area contributed by atoms with Gasteiger partial charge in [-0.3, -0.25) is 4.79 Å². The standard InChI is InChI=1S/C14H21IN2O2/c1-3-19-12(10-7-5-4-6-8-10)13-16-9(2)11(15)14(18)17-13/h10,12H,3-8H2,1-2H3,(H,16,17,18). The van der Waals surface area contributed by atoms with E-state index in [9.17, 15) is 4.79 Å². The predicted molar refractivity (Wildman–Crippen MR) is 83.3 cm³/mol. The molecule has 2 rings (SSSR count). The van der Waals surface area contributed by atoms with Crippen molar-refractivity contribution < 1.29 is 4.74 Å². The summed E-state index contributed by atoms with van der Waals surface area (Å²) in [5.74, 6) is 1.19. The maximum Gasteiger partial charge on any atom is 0.264 e. The third-order valence-corrected chi connectivity index (χ3v) is 5.01. The monoisotopic (exact) mass is 376 g/mol. The quantitative estimate of drug-likeness (QED) is 0.821. The highest BCUT2D eigenvalue weighted by Crippen LogP contribution is 2.35. The molecular formula is C14H21IN2O2. The van der Waals surface area contributed by atoms with Gasteiger partial charge in [-0.1, -0.05) is 19.3 Å². The van der Waals surface area contributed by atoms with Gasteiger partial charge in [-0.2, -0.15) is 0 Å². The van der Waals surface area contributed by atoms with Crippen LogP contribution in [0.3, 0.4) is 0 Å². The minimum absolute atomic E-state index is 0.0522. The molecule has 106 valence electrons. The van der Waals surface area contributed by atoms with Gasteiger partial charge in [0.15, 0.2) is 0 Å². The van der Waals surface area contributed by atoms with Gasteiger partial charge in [-0.05, 0) is 55.2 Å². The third kappa shape index (κ3) is 3.56. The van der Waals surface area contributed by atoms with Crippen molar-refractivity contribution in [2.45, 2.75) is 52.1 Å². The molecule has 5 heteroatoms. The molecule has 1 aromatic heterocycles. The Balaban J connectivity index is 2.30. The summed E-state index contributed by atoms with van der Waals surface area (Å²) in [5, 5.41) is 0. The second-order valence-corrected chi connectivity index (χ2v) is 6.20. The predicted octanol–water partition coefficient (Wildman–Crippen LogP) is 3.34. The number of hydrogen-bond donors (Lipinski definition) is 1. The Labute approximate surface area is 127 Å². The van der Waals surface area contributed by atoms with Crippen molar-refractivity contribution in [3.8, 4) is 0 Å². The van der Waals surface area contributed by atoms with E-state index in [0.29, 0.717) is 21.9 Å². The second-order valence-electron chi connectivity index (χ2n) is 5.12. The molecule has 0 amide bonds. The topological polar surface area (TPSA) is 55.0 Å². The smallest absolute Gasteiger partial charge is 0.264 e. The molecule has 19 heavy (non-hydrogen) atoms. The van der Waals surface area contributed by atoms with E-state index in [1.165, 1.54) is 32.1 Å². The molecule has 1 aromatic rings. The van der Waals surface area contributed by atoms with Gasteiger partial charge >= 0.3 is 0 Å². The molecule has 1 saturated carbocycles. The highest BCUT2D eigenvalue weighted by Gasteiger charge is 2.27. The number of aryl methyl sites for hydroxylation is 1. The van der Waals surface area contributed by atoms with Crippen LogP contribution in [0.5, 0.6) is 0 Å². The van der Waals surface area contributed by atoms with Crippen LogP contribution in [0.4, 0.5) is 0 Å². The van der Waals surface area contributed by atoms with E-state index in [0.717, 1.165) is 5.69 Å². The lowest BCUT2D eigenvalue weighted by molar-refractivity contribution is -0.000474. The average Bonchev–Trinajstić information content (AvgIpc) is 2.42. The zero-order valence-corrected chi connectivity index (χ0v) is 13.7. The first-order chi connectivity index (χ1) is 9.13. The van der Waals surface area contributed by atoms with E-state index >= 15 is 0 Å². The van der Waals surface area contributed by atoms with E-state index < -0.39 is 0 Å². The van der Waals surface area contributed by atoms with Crippen LogP contribution in [-0.4, -0.2) is 16.6 Å². The summed E-state index contributed by atoms with van der Waals surface area (Å²) in [4.78, 5) is 19.3. The molecule has 0 aliphatic heterocycles. The number of nitrogens with zero attached hydrogens (tertiary/aromatic N) is 1. The van der Waals surface area contributed by atoms with Gasteiger partial charge in [0.1, 0.15) is 11.9 Å². The largest absolute Gasteiger partial charge is 0.370 e. The van der Waals surface area contributed by atoms with Gasteiger partial charge in [0.2, 0.25) is 0 Å². The zero-order chi connectivity index (χ0) is 13.8. The van der Waals surface area contributed by atoms with Crippen molar-refractivity contribution in [2.24, 2.45) is 5.92 Å². The maximum absolute atomic E-state index is 11.9. The first-order valence-electron chi connectivity index (χ1n) is 7.01. The van der Waals surface area contributed by atoms with Crippen LogP contribution >= 0.6 is 22.6 Å². The lowest BCUT2D eigenvalue weighted by atomic mass is 9.85. The van der Waals surface area contributed by atoms with Crippen molar-refractivity contribution in [2.75, 3.05) is 6.61 Å². The van der Waals surface area contributed by atoms with E-state index in [1.54, 1.807) is 0 Å². The molecule has 0 bridgehead atoms. The first kappa shape index (κ1) is 15.0. The van der Waals surface area contributed by atoms with Crippen molar-refractivity contribution in [1.82, 2.24) is 9.97 Å². The first-order valence-corrected chi connectivity index (χ1v) is 8.09. The number of H-pyrrole nitrogens is 1. The Morgan fingerprint density at radius 3 is 2.68 bits per heavy atom. The van der Waals surface area contributed by atoms with Crippen LogP contribution in [0, 0.1) is 16.4 Å². The van der Waals surface area contributed by atoms with Gasteiger partial charge in [-0.25, -0.2) is 4.98 Å². The SMILES string of the molecule is CCOC(c1nc(C)c(I)c(=O)[nH]1)C1CCCCC1. The summed E-state index contributed by atoms with van der Waals surface area (Å²) in [7, 11) is 0. The molecule has 1 N–H and O–H groups in total. The molecule has 1 fully saturated rings. The average molecular weight is 376 g/mol. The second kappa shape index (κ2) is 6.83. The van der Waals surface area contributed by atoms with Crippen molar-refractivity contribution in [3.05, 3.63) is 25.4 Å². The number of aromatic amines is 1. The fourth-order valence-electron chi connectivity index (χ4n) is 2.78. The molecule has 1 aliphatic rings. The summed E-state index contributed by atoms with van der Waals surface area (Å²) in [5.41, 5.74) is 0.739. The van der Waals surface area contributed by atoms with E-state index in [-0.39, 0.29) is 11.7 Å². The summed E-state index contributed by atoms with van der Waals surface area (Å²) in [6, 6.07) is 0. The van der Waals surface area contributed by atoms with Crippen LogP contribution in [-0.2, 0) is 4.74 Å². The van der Waals surface area contributed by atoms with Gasteiger partial charge in [0.25, 0.3) is 5.56 Å².